The Morgan fingerprint density at radius 3 is 1.56 bits per heavy atom. The van der Waals surface area contributed by atoms with Crippen LogP contribution in [0.3, 0.4) is 0 Å². The number of carboxylic acids is 4. The Hall–Kier alpha value is -3.79. The van der Waals surface area contributed by atoms with Gasteiger partial charge >= 0.3 is 23.9 Å². The minimum absolute atomic E-state index is 0.0129. The second kappa shape index (κ2) is 23.3. The van der Waals surface area contributed by atoms with E-state index in [-0.39, 0.29) is 11.9 Å². The third kappa shape index (κ3) is 25.6. The zero-order valence-corrected chi connectivity index (χ0v) is 22.6. The summed E-state index contributed by atoms with van der Waals surface area (Å²) in [5, 5.41) is 33.1. The molecule has 0 aromatic heterocycles. The van der Waals surface area contributed by atoms with Gasteiger partial charge in [0.1, 0.15) is 24.2 Å². The molecule has 0 fully saturated rings. The number of guanidine groups is 1. The molecule has 39 heavy (non-hydrogen) atoms. The van der Waals surface area contributed by atoms with E-state index in [2.05, 4.69) is 4.99 Å². The summed E-state index contributed by atoms with van der Waals surface area (Å²) in [7, 11) is 0. The molecule has 0 aliphatic rings. The van der Waals surface area contributed by atoms with Gasteiger partial charge in [0.25, 0.3) is 0 Å². The molecular weight excluding hydrogens is 514 g/mol. The predicted molar refractivity (Wildman–Crippen MR) is 148 cm³/mol. The van der Waals surface area contributed by atoms with Crippen LogP contribution in [-0.2, 0) is 25.6 Å². The van der Waals surface area contributed by atoms with Crippen LogP contribution in [0.4, 0.5) is 0 Å². The highest BCUT2D eigenvalue weighted by Gasteiger charge is 2.17. The van der Waals surface area contributed by atoms with Crippen LogP contribution in [0, 0.1) is 5.92 Å². The molecule has 0 spiro atoms. The number of carbonyl (C=O) groups is 4. The first-order valence-corrected chi connectivity index (χ1v) is 12.0. The van der Waals surface area contributed by atoms with Crippen molar-refractivity contribution in [3.8, 4) is 0 Å². The zero-order chi connectivity index (χ0) is 31.1. The third-order valence-electron chi connectivity index (χ3n) is 4.83. The largest absolute Gasteiger partial charge is 0.480 e. The molecule has 0 radical (unpaired) electrons. The molecule has 224 valence electrons. The molecule has 1 aromatic rings. The number of aliphatic carboxylic acids is 4. The van der Waals surface area contributed by atoms with Crippen LogP contribution in [0.1, 0.15) is 45.6 Å². The second-order valence-corrected chi connectivity index (χ2v) is 8.40. The molecule has 0 saturated carbocycles. The lowest BCUT2D eigenvalue weighted by Crippen LogP contribution is -2.36. The lowest BCUT2D eigenvalue weighted by atomic mass is 10.0. The smallest absolute Gasteiger partial charge is 0.320 e. The Morgan fingerprint density at radius 2 is 1.26 bits per heavy atom. The molecule has 0 amide bonds. The van der Waals surface area contributed by atoms with Crippen molar-refractivity contribution in [2.24, 2.45) is 45.3 Å². The van der Waals surface area contributed by atoms with E-state index in [0.717, 1.165) is 12.0 Å². The van der Waals surface area contributed by atoms with Crippen LogP contribution in [0.2, 0.25) is 0 Å². The highest BCUT2D eigenvalue weighted by molar-refractivity contribution is 5.75. The molecule has 0 aliphatic heterocycles. The van der Waals surface area contributed by atoms with Gasteiger partial charge in [0, 0.05) is 6.54 Å². The minimum atomic E-state index is -1.00. The van der Waals surface area contributed by atoms with Crippen molar-refractivity contribution in [3.05, 3.63) is 35.9 Å². The van der Waals surface area contributed by atoms with Gasteiger partial charge in [0.05, 0.1) is 0 Å². The maximum Gasteiger partial charge on any atom is 0.320 e. The summed E-state index contributed by atoms with van der Waals surface area (Å²) in [6, 6.07) is 6.29. The minimum Gasteiger partial charge on any atom is -0.480 e. The molecule has 15 heteroatoms. The molecule has 5 atom stereocenters. The first kappa shape index (κ1) is 39.7. The van der Waals surface area contributed by atoms with Crippen LogP contribution >= 0.6 is 0 Å². The highest BCUT2D eigenvalue weighted by atomic mass is 16.4. The van der Waals surface area contributed by atoms with E-state index in [9.17, 15) is 19.2 Å². The Kier molecular flexibility index (Phi) is 23.8. The topological polar surface area (TPSA) is 318 Å². The second-order valence-electron chi connectivity index (χ2n) is 8.40. The van der Waals surface area contributed by atoms with Gasteiger partial charge in [0.2, 0.25) is 0 Å². The zero-order valence-electron chi connectivity index (χ0n) is 22.6. The molecule has 1 aromatic carbocycles. The fourth-order valence-electron chi connectivity index (χ4n) is 2.10. The summed E-state index contributed by atoms with van der Waals surface area (Å²) in [5.41, 5.74) is 31.7. The van der Waals surface area contributed by atoms with Crippen molar-refractivity contribution in [2.45, 2.75) is 70.6 Å². The molecule has 0 saturated heterocycles. The number of hydrogen-bond acceptors (Lipinski definition) is 9. The molecule has 16 N–H and O–H groups in total. The van der Waals surface area contributed by atoms with Crippen molar-refractivity contribution < 1.29 is 39.6 Å². The normalized spacial score (nSPS) is 13.5. The number of carboxylic acid groups (broad SMARTS) is 4. The van der Waals surface area contributed by atoms with Gasteiger partial charge in [0.15, 0.2) is 5.96 Å². The van der Waals surface area contributed by atoms with E-state index >= 15 is 0 Å². The van der Waals surface area contributed by atoms with E-state index in [1.165, 1.54) is 6.92 Å². The van der Waals surface area contributed by atoms with Gasteiger partial charge in [-0.15, -0.1) is 0 Å². The molecule has 15 nitrogen and oxygen atoms in total. The van der Waals surface area contributed by atoms with Crippen molar-refractivity contribution in [2.75, 3.05) is 6.54 Å². The summed E-state index contributed by atoms with van der Waals surface area (Å²) >= 11 is 0. The van der Waals surface area contributed by atoms with Crippen LogP contribution < -0.4 is 34.4 Å². The van der Waals surface area contributed by atoms with Crippen LogP contribution in [0.25, 0.3) is 0 Å². The Morgan fingerprint density at radius 1 is 0.795 bits per heavy atom. The van der Waals surface area contributed by atoms with E-state index in [0.29, 0.717) is 25.8 Å². The maximum absolute atomic E-state index is 10.4. The quantitative estimate of drug-likeness (QED) is 0.0830. The van der Waals surface area contributed by atoms with Crippen LogP contribution in [0.15, 0.2) is 35.3 Å². The number of hydrogen-bond donors (Lipinski definition) is 10. The Bertz CT molecular complexity index is 865. The summed E-state index contributed by atoms with van der Waals surface area (Å²) in [4.78, 5) is 44.0. The number of nitrogens with two attached hydrogens (primary N) is 6. The number of benzene rings is 1. The summed E-state index contributed by atoms with van der Waals surface area (Å²) in [6.07, 6.45) is 2.15. The predicted octanol–water partition coefficient (Wildman–Crippen LogP) is -1.04. The molecular formula is C24H45N7O8. The van der Waals surface area contributed by atoms with Crippen molar-refractivity contribution >= 4 is 29.8 Å². The maximum atomic E-state index is 10.4. The average Bonchev–Trinajstić information content (AvgIpc) is 2.86. The molecule has 5 unspecified atom stereocenters. The number of nitrogens with zero attached hydrogens (tertiary/aromatic N) is 1. The summed E-state index contributed by atoms with van der Waals surface area (Å²) in [5.74, 6) is -3.75. The fraction of sp³-hybridized carbons (Fsp3) is 0.542. The van der Waals surface area contributed by atoms with Crippen LogP contribution in [-0.4, -0.2) is 81.0 Å². The molecule has 1 rings (SSSR count). The number of rotatable bonds is 12. The first-order valence-electron chi connectivity index (χ1n) is 12.0. The van der Waals surface area contributed by atoms with Gasteiger partial charge in [-0.05, 0) is 37.7 Å². The van der Waals surface area contributed by atoms with Gasteiger partial charge < -0.3 is 54.8 Å². The molecule has 0 bridgehead atoms. The lowest BCUT2D eigenvalue weighted by molar-refractivity contribution is -0.140. The standard InChI is InChI=1S/C9H11NO2.C6H14N4O2.C6H13NO2.C3H7NO2/c10-8(9(11)12)6-7-4-2-1-3-5-7;7-4(5(11)12)2-1-3-10-6(8)9;1-3-4(2)5(7)6(8)9;1-2(4)3(5)6/h1-5,8H,6,10H2,(H,11,12);4H,1-3,7H2,(H,11,12)(H4,8,9,10);4-5H,3,7H2,1-2H3,(H,8,9);2H,4H2,1H3,(H,5,6). The first-order chi connectivity index (χ1) is 18.0. The van der Waals surface area contributed by atoms with Crippen molar-refractivity contribution in [1.82, 2.24) is 0 Å². The van der Waals surface area contributed by atoms with Gasteiger partial charge in [-0.1, -0.05) is 50.6 Å². The SMILES string of the molecule is CC(N)C(=O)O.CCC(C)C(N)C(=O)O.NC(Cc1ccccc1)C(=O)O.NC(N)=NCCCC(N)C(=O)O. The summed E-state index contributed by atoms with van der Waals surface area (Å²) < 4.78 is 0. The monoisotopic (exact) mass is 559 g/mol. The van der Waals surface area contributed by atoms with E-state index in [1.54, 1.807) is 0 Å². The molecule has 0 aliphatic carbocycles. The fourth-order valence-corrected chi connectivity index (χ4v) is 2.10. The average molecular weight is 560 g/mol. The van der Waals surface area contributed by atoms with Gasteiger partial charge in [-0.2, -0.15) is 0 Å². The molecule has 0 heterocycles. The van der Waals surface area contributed by atoms with E-state index in [1.807, 2.05) is 44.2 Å². The van der Waals surface area contributed by atoms with Gasteiger partial charge in [-0.3, -0.25) is 24.2 Å². The lowest BCUT2D eigenvalue weighted by Gasteiger charge is -2.11. The number of aliphatic imine (C=N–C) groups is 1. The van der Waals surface area contributed by atoms with Crippen molar-refractivity contribution in [3.63, 3.8) is 0 Å². The van der Waals surface area contributed by atoms with E-state index < -0.39 is 48.0 Å². The van der Waals surface area contributed by atoms with Crippen molar-refractivity contribution in [1.29, 1.82) is 0 Å². The van der Waals surface area contributed by atoms with Crippen LogP contribution in [0.5, 0.6) is 0 Å². The van der Waals surface area contributed by atoms with Gasteiger partial charge in [-0.25, -0.2) is 0 Å². The summed E-state index contributed by atoms with van der Waals surface area (Å²) in [6.45, 7) is 5.60. The highest BCUT2D eigenvalue weighted by Crippen LogP contribution is 2.04. The third-order valence-corrected chi connectivity index (χ3v) is 4.83. The Balaban J connectivity index is -0.000000457. The Labute approximate surface area is 228 Å². The van der Waals surface area contributed by atoms with E-state index in [4.69, 9.17) is 54.8 Å².